The van der Waals surface area contributed by atoms with Crippen LogP contribution in [0.25, 0.3) is 0 Å². The summed E-state index contributed by atoms with van der Waals surface area (Å²) in [6, 6.07) is 0.168. The standard InChI is InChI=1S/C17H22N4O3S/c1-2-3-13-16(25-19-18-13)17(24)20-10-4-5-11(20)9-12(8-10)21-14(22)6-7-15(21)23/h10-12H,2-9H2,1H3. The zero-order chi connectivity index (χ0) is 17.6. The Balaban J connectivity index is 1.52. The molecule has 25 heavy (non-hydrogen) atoms. The van der Waals surface area contributed by atoms with E-state index < -0.39 is 0 Å². The molecule has 0 N–H and O–H groups in total. The molecular formula is C17H22N4O3S. The van der Waals surface area contributed by atoms with Crippen molar-refractivity contribution in [3.63, 3.8) is 0 Å². The average molecular weight is 362 g/mol. The first-order valence-electron chi connectivity index (χ1n) is 9.09. The van der Waals surface area contributed by atoms with Crippen molar-refractivity contribution in [1.82, 2.24) is 19.4 Å². The van der Waals surface area contributed by atoms with Gasteiger partial charge in [0, 0.05) is 31.0 Å². The third kappa shape index (κ3) is 2.76. The fourth-order valence-electron chi connectivity index (χ4n) is 4.58. The number of hydrogen-bond acceptors (Lipinski definition) is 6. The van der Waals surface area contributed by atoms with Gasteiger partial charge < -0.3 is 4.90 Å². The Labute approximate surface area is 150 Å². The molecule has 0 spiro atoms. The predicted molar refractivity (Wildman–Crippen MR) is 91.0 cm³/mol. The van der Waals surface area contributed by atoms with Gasteiger partial charge >= 0.3 is 0 Å². The quantitative estimate of drug-likeness (QED) is 0.763. The fraction of sp³-hybridized carbons (Fsp3) is 0.706. The molecule has 0 saturated carbocycles. The minimum absolute atomic E-state index is 0.0310. The lowest BCUT2D eigenvalue weighted by Crippen LogP contribution is -2.53. The van der Waals surface area contributed by atoms with Crippen molar-refractivity contribution in [3.8, 4) is 0 Å². The Morgan fingerprint density at radius 3 is 2.36 bits per heavy atom. The van der Waals surface area contributed by atoms with Crippen molar-refractivity contribution >= 4 is 29.3 Å². The molecule has 0 aromatic carbocycles. The molecule has 7 nitrogen and oxygen atoms in total. The number of imide groups is 1. The Morgan fingerprint density at radius 2 is 1.76 bits per heavy atom. The predicted octanol–water partition coefficient (Wildman–Crippen LogP) is 1.78. The Kier molecular flexibility index (Phi) is 4.31. The second-order valence-electron chi connectivity index (χ2n) is 7.18. The summed E-state index contributed by atoms with van der Waals surface area (Å²) in [7, 11) is 0. The van der Waals surface area contributed by atoms with Crippen LogP contribution in [0.2, 0.25) is 0 Å². The van der Waals surface area contributed by atoms with Crippen LogP contribution in [-0.2, 0) is 16.0 Å². The first-order chi connectivity index (χ1) is 12.1. The van der Waals surface area contributed by atoms with E-state index in [0.717, 1.165) is 31.4 Å². The largest absolute Gasteiger partial charge is 0.332 e. The lowest BCUT2D eigenvalue weighted by molar-refractivity contribution is -0.142. The molecule has 134 valence electrons. The van der Waals surface area contributed by atoms with Gasteiger partial charge in [0.1, 0.15) is 4.88 Å². The van der Waals surface area contributed by atoms with Crippen LogP contribution >= 0.6 is 11.5 Å². The molecule has 3 amide bonds. The summed E-state index contributed by atoms with van der Waals surface area (Å²) in [6.07, 6.45) is 5.65. The molecule has 3 fully saturated rings. The van der Waals surface area contributed by atoms with Crippen LogP contribution in [-0.4, -0.2) is 55.2 Å². The van der Waals surface area contributed by atoms with Crippen LogP contribution < -0.4 is 0 Å². The number of amides is 3. The number of nitrogens with zero attached hydrogens (tertiary/aromatic N) is 4. The van der Waals surface area contributed by atoms with Crippen molar-refractivity contribution in [1.29, 1.82) is 0 Å². The molecule has 8 heteroatoms. The van der Waals surface area contributed by atoms with E-state index in [0.29, 0.717) is 30.6 Å². The summed E-state index contributed by atoms with van der Waals surface area (Å²) in [6.45, 7) is 2.06. The Hall–Kier alpha value is -1.83. The van der Waals surface area contributed by atoms with Gasteiger partial charge in [-0.2, -0.15) is 0 Å². The molecular weight excluding hydrogens is 340 g/mol. The number of aryl methyl sites for hydroxylation is 1. The van der Waals surface area contributed by atoms with E-state index in [1.165, 1.54) is 16.4 Å². The molecule has 0 aliphatic carbocycles. The first-order valence-corrected chi connectivity index (χ1v) is 9.86. The smallest absolute Gasteiger partial charge is 0.268 e. The highest BCUT2D eigenvalue weighted by molar-refractivity contribution is 7.08. The van der Waals surface area contributed by atoms with E-state index >= 15 is 0 Å². The molecule has 0 radical (unpaired) electrons. The van der Waals surface area contributed by atoms with Crippen molar-refractivity contribution in [2.75, 3.05) is 0 Å². The first kappa shape index (κ1) is 16.6. The summed E-state index contributed by atoms with van der Waals surface area (Å²) in [5.74, 6) is -0.0689. The second kappa shape index (κ2) is 6.48. The lowest BCUT2D eigenvalue weighted by atomic mass is 9.95. The topological polar surface area (TPSA) is 83.5 Å². The van der Waals surface area contributed by atoms with Gasteiger partial charge in [-0.1, -0.05) is 17.8 Å². The third-order valence-corrected chi connectivity index (χ3v) is 6.39. The molecule has 2 unspecified atom stereocenters. The molecule has 3 aliphatic heterocycles. The summed E-state index contributed by atoms with van der Waals surface area (Å²) in [5.41, 5.74) is 0.795. The van der Waals surface area contributed by atoms with Crippen LogP contribution in [0.1, 0.15) is 67.2 Å². The maximum atomic E-state index is 13.1. The van der Waals surface area contributed by atoms with Crippen molar-refractivity contribution in [2.24, 2.45) is 0 Å². The normalized spacial score (nSPS) is 28.9. The van der Waals surface area contributed by atoms with Crippen LogP contribution in [0.4, 0.5) is 0 Å². The Morgan fingerprint density at radius 1 is 1.12 bits per heavy atom. The van der Waals surface area contributed by atoms with Crippen LogP contribution in [0.15, 0.2) is 0 Å². The molecule has 2 atom stereocenters. The van der Waals surface area contributed by atoms with Crippen molar-refractivity contribution < 1.29 is 14.4 Å². The third-order valence-electron chi connectivity index (χ3n) is 5.63. The van der Waals surface area contributed by atoms with Gasteiger partial charge in [0.25, 0.3) is 5.91 Å². The molecule has 1 aromatic rings. The summed E-state index contributed by atoms with van der Waals surface area (Å²) < 4.78 is 3.97. The fourth-order valence-corrected chi connectivity index (χ4v) is 5.23. The van der Waals surface area contributed by atoms with E-state index in [1.807, 2.05) is 4.90 Å². The molecule has 3 aliphatic rings. The molecule has 2 bridgehead atoms. The molecule has 4 rings (SSSR count). The summed E-state index contributed by atoms with van der Waals surface area (Å²) in [5, 5.41) is 4.11. The maximum absolute atomic E-state index is 13.1. The van der Waals surface area contributed by atoms with E-state index in [2.05, 4.69) is 16.5 Å². The number of aromatic nitrogens is 2. The van der Waals surface area contributed by atoms with Gasteiger partial charge in [-0.15, -0.1) is 5.10 Å². The molecule has 4 heterocycles. The van der Waals surface area contributed by atoms with Gasteiger partial charge in [-0.05, 0) is 43.6 Å². The zero-order valence-electron chi connectivity index (χ0n) is 14.3. The van der Waals surface area contributed by atoms with Crippen molar-refractivity contribution in [2.45, 2.75) is 76.4 Å². The van der Waals surface area contributed by atoms with Crippen LogP contribution in [0.5, 0.6) is 0 Å². The van der Waals surface area contributed by atoms with Gasteiger partial charge in [0.2, 0.25) is 11.8 Å². The summed E-state index contributed by atoms with van der Waals surface area (Å²) >= 11 is 1.18. The monoisotopic (exact) mass is 362 g/mol. The van der Waals surface area contributed by atoms with E-state index in [1.54, 1.807) is 0 Å². The Bertz CT molecular complexity index is 689. The van der Waals surface area contributed by atoms with Gasteiger partial charge in [0.15, 0.2) is 0 Å². The number of rotatable bonds is 4. The number of hydrogen-bond donors (Lipinski definition) is 0. The highest BCUT2D eigenvalue weighted by Gasteiger charge is 2.48. The van der Waals surface area contributed by atoms with E-state index in [9.17, 15) is 14.4 Å². The van der Waals surface area contributed by atoms with Gasteiger partial charge in [-0.25, -0.2) is 0 Å². The minimum atomic E-state index is -0.0499. The van der Waals surface area contributed by atoms with Crippen molar-refractivity contribution in [3.05, 3.63) is 10.6 Å². The van der Waals surface area contributed by atoms with Gasteiger partial charge in [-0.3, -0.25) is 19.3 Å². The number of piperidine rings is 1. The average Bonchev–Trinajstić information content (AvgIpc) is 3.25. The number of carbonyl (C=O) groups excluding carboxylic acids is 3. The number of likely N-dealkylation sites (tertiary alicyclic amines) is 1. The SMILES string of the molecule is CCCc1nnsc1C(=O)N1C2CCC1CC(N1C(=O)CCC1=O)C2. The molecule has 3 saturated heterocycles. The molecule has 1 aromatic heterocycles. The summed E-state index contributed by atoms with van der Waals surface area (Å²) in [4.78, 5) is 41.3. The van der Waals surface area contributed by atoms with Gasteiger partial charge in [0.05, 0.1) is 5.69 Å². The van der Waals surface area contributed by atoms with E-state index in [4.69, 9.17) is 0 Å². The minimum Gasteiger partial charge on any atom is -0.332 e. The number of carbonyl (C=O) groups is 3. The van der Waals surface area contributed by atoms with E-state index in [-0.39, 0.29) is 35.8 Å². The highest BCUT2D eigenvalue weighted by Crippen LogP contribution is 2.40. The number of fused-ring (bicyclic) bond motifs is 2. The zero-order valence-corrected chi connectivity index (χ0v) is 15.1. The lowest BCUT2D eigenvalue weighted by Gasteiger charge is -2.41. The van der Waals surface area contributed by atoms with Crippen LogP contribution in [0, 0.1) is 0 Å². The van der Waals surface area contributed by atoms with Crippen LogP contribution in [0.3, 0.4) is 0 Å². The second-order valence-corrected chi connectivity index (χ2v) is 7.93. The highest BCUT2D eigenvalue weighted by atomic mass is 32.1. The maximum Gasteiger partial charge on any atom is 0.268 e.